The van der Waals surface area contributed by atoms with Crippen molar-refractivity contribution in [1.29, 1.82) is 0 Å². The Hall–Kier alpha value is -2.67. The summed E-state index contributed by atoms with van der Waals surface area (Å²) >= 11 is 0. The van der Waals surface area contributed by atoms with Crippen LogP contribution in [0.5, 0.6) is 5.75 Å². The van der Waals surface area contributed by atoms with Gasteiger partial charge in [-0.15, -0.1) is 0 Å². The first-order chi connectivity index (χ1) is 13.2. The van der Waals surface area contributed by atoms with Gasteiger partial charge in [0.25, 0.3) is 5.56 Å². The maximum absolute atomic E-state index is 12.8. The summed E-state index contributed by atoms with van der Waals surface area (Å²) in [6.45, 7) is 4.82. The standard InChI is InChI=1S/C20H25N5O2/c1-27-17-3-4-18-19(13-17)21-15-24(20(18)26)14-16-5-9-23(10-6-16)11-12-25-8-2-7-22-25/h2-4,7-8,13,15-16H,5-6,9-12,14H2,1H3. The minimum Gasteiger partial charge on any atom is -0.497 e. The van der Waals surface area contributed by atoms with Gasteiger partial charge in [0.1, 0.15) is 5.75 Å². The van der Waals surface area contributed by atoms with Gasteiger partial charge in [-0.1, -0.05) is 0 Å². The molecule has 0 N–H and O–H groups in total. The van der Waals surface area contributed by atoms with Crippen molar-refractivity contribution in [3.63, 3.8) is 0 Å². The molecule has 3 heterocycles. The molecule has 0 aliphatic carbocycles. The molecule has 1 saturated heterocycles. The molecule has 4 rings (SSSR count). The molecular formula is C20H25N5O2. The van der Waals surface area contributed by atoms with E-state index in [2.05, 4.69) is 15.0 Å². The topological polar surface area (TPSA) is 65.2 Å². The fraction of sp³-hybridized carbons (Fsp3) is 0.450. The number of ether oxygens (including phenoxy) is 1. The van der Waals surface area contributed by atoms with E-state index in [0.29, 0.717) is 16.8 Å². The number of aromatic nitrogens is 4. The first-order valence-electron chi connectivity index (χ1n) is 9.46. The number of hydrogen-bond donors (Lipinski definition) is 0. The summed E-state index contributed by atoms with van der Waals surface area (Å²) in [5, 5.41) is 4.90. The number of rotatable bonds is 6. The van der Waals surface area contributed by atoms with E-state index in [4.69, 9.17) is 4.74 Å². The van der Waals surface area contributed by atoms with E-state index < -0.39 is 0 Å². The van der Waals surface area contributed by atoms with Crippen molar-refractivity contribution >= 4 is 10.9 Å². The Morgan fingerprint density at radius 1 is 1.22 bits per heavy atom. The number of fused-ring (bicyclic) bond motifs is 1. The van der Waals surface area contributed by atoms with Crippen LogP contribution in [0.3, 0.4) is 0 Å². The Balaban J connectivity index is 1.36. The van der Waals surface area contributed by atoms with E-state index in [1.807, 2.05) is 29.2 Å². The van der Waals surface area contributed by atoms with Crippen LogP contribution in [0, 0.1) is 5.92 Å². The zero-order valence-electron chi connectivity index (χ0n) is 15.6. The van der Waals surface area contributed by atoms with Crippen LogP contribution in [0.4, 0.5) is 0 Å². The molecule has 1 fully saturated rings. The van der Waals surface area contributed by atoms with Gasteiger partial charge in [-0.3, -0.25) is 14.0 Å². The Morgan fingerprint density at radius 3 is 2.81 bits per heavy atom. The molecule has 1 aliphatic rings. The summed E-state index contributed by atoms with van der Waals surface area (Å²) in [6.07, 6.45) is 7.70. The fourth-order valence-electron chi connectivity index (χ4n) is 3.74. The lowest BCUT2D eigenvalue weighted by atomic mass is 9.96. The highest BCUT2D eigenvalue weighted by Crippen LogP contribution is 2.20. The third kappa shape index (κ3) is 4.03. The Kier molecular flexibility index (Phi) is 5.20. The number of hydrogen-bond acceptors (Lipinski definition) is 5. The second kappa shape index (κ2) is 7.92. The lowest BCUT2D eigenvalue weighted by molar-refractivity contribution is 0.166. The van der Waals surface area contributed by atoms with Gasteiger partial charge in [-0.05, 0) is 50.0 Å². The van der Waals surface area contributed by atoms with Gasteiger partial charge in [-0.2, -0.15) is 5.10 Å². The molecule has 0 saturated carbocycles. The summed E-state index contributed by atoms with van der Waals surface area (Å²) in [5.41, 5.74) is 0.716. The molecule has 0 radical (unpaired) electrons. The molecule has 142 valence electrons. The smallest absolute Gasteiger partial charge is 0.261 e. The van der Waals surface area contributed by atoms with Crippen molar-refractivity contribution in [2.75, 3.05) is 26.7 Å². The Morgan fingerprint density at radius 2 is 2.07 bits per heavy atom. The van der Waals surface area contributed by atoms with E-state index >= 15 is 0 Å². The van der Waals surface area contributed by atoms with E-state index in [1.165, 1.54) is 0 Å². The largest absolute Gasteiger partial charge is 0.497 e. The third-order valence-corrected chi connectivity index (χ3v) is 5.40. The number of methoxy groups -OCH3 is 1. The highest BCUT2D eigenvalue weighted by molar-refractivity contribution is 5.78. The fourth-order valence-corrected chi connectivity index (χ4v) is 3.74. The molecule has 2 aromatic heterocycles. The van der Waals surface area contributed by atoms with E-state index in [0.717, 1.165) is 51.3 Å². The summed E-state index contributed by atoms with van der Waals surface area (Å²) in [7, 11) is 1.61. The van der Waals surface area contributed by atoms with E-state index in [9.17, 15) is 4.79 Å². The SMILES string of the molecule is COc1ccc2c(=O)n(CC3CCN(CCn4cccn4)CC3)cnc2c1. The van der Waals surface area contributed by atoms with Crippen LogP contribution in [0.15, 0.2) is 47.8 Å². The normalized spacial score (nSPS) is 16.0. The van der Waals surface area contributed by atoms with Gasteiger partial charge in [0.2, 0.25) is 0 Å². The van der Waals surface area contributed by atoms with Gasteiger partial charge in [0.05, 0.1) is 30.9 Å². The van der Waals surface area contributed by atoms with Crippen LogP contribution in [0.1, 0.15) is 12.8 Å². The van der Waals surface area contributed by atoms with Gasteiger partial charge < -0.3 is 9.64 Å². The van der Waals surface area contributed by atoms with Crippen LogP contribution < -0.4 is 10.3 Å². The number of benzene rings is 1. The van der Waals surface area contributed by atoms with Crippen molar-refractivity contribution in [3.8, 4) is 5.75 Å². The van der Waals surface area contributed by atoms with Crippen LogP contribution >= 0.6 is 0 Å². The summed E-state index contributed by atoms with van der Waals surface area (Å²) in [6, 6.07) is 7.38. The number of likely N-dealkylation sites (tertiary alicyclic amines) is 1. The molecular weight excluding hydrogens is 342 g/mol. The Labute approximate surface area is 158 Å². The van der Waals surface area contributed by atoms with Crippen molar-refractivity contribution in [1.82, 2.24) is 24.2 Å². The molecule has 0 bridgehead atoms. The molecule has 7 heteroatoms. The zero-order valence-corrected chi connectivity index (χ0v) is 15.6. The van der Waals surface area contributed by atoms with Crippen LogP contribution in [0.2, 0.25) is 0 Å². The number of piperidine rings is 1. The molecule has 1 aromatic carbocycles. The average molecular weight is 367 g/mol. The lowest BCUT2D eigenvalue weighted by Crippen LogP contribution is -2.38. The molecule has 7 nitrogen and oxygen atoms in total. The molecule has 0 unspecified atom stereocenters. The van der Waals surface area contributed by atoms with Gasteiger partial charge in [0.15, 0.2) is 0 Å². The molecule has 3 aromatic rings. The van der Waals surface area contributed by atoms with Crippen molar-refractivity contribution < 1.29 is 4.74 Å². The van der Waals surface area contributed by atoms with Gasteiger partial charge >= 0.3 is 0 Å². The molecule has 0 amide bonds. The van der Waals surface area contributed by atoms with E-state index in [1.54, 1.807) is 30.1 Å². The van der Waals surface area contributed by atoms with Gasteiger partial charge in [0, 0.05) is 31.5 Å². The number of nitrogens with zero attached hydrogens (tertiary/aromatic N) is 5. The second-order valence-corrected chi connectivity index (χ2v) is 7.14. The zero-order chi connectivity index (χ0) is 18.6. The first-order valence-corrected chi connectivity index (χ1v) is 9.46. The average Bonchev–Trinajstić information content (AvgIpc) is 3.23. The third-order valence-electron chi connectivity index (χ3n) is 5.40. The predicted molar refractivity (Wildman–Crippen MR) is 104 cm³/mol. The second-order valence-electron chi connectivity index (χ2n) is 7.14. The highest BCUT2D eigenvalue weighted by atomic mass is 16.5. The first kappa shape index (κ1) is 17.7. The maximum atomic E-state index is 12.8. The van der Waals surface area contributed by atoms with Crippen molar-refractivity contribution in [3.05, 3.63) is 53.3 Å². The monoisotopic (exact) mass is 367 g/mol. The van der Waals surface area contributed by atoms with Crippen LogP contribution in [-0.2, 0) is 13.1 Å². The summed E-state index contributed by atoms with van der Waals surface area (Å²) in [5.74, 6) is 1.23. The summed E-state index contributed by atoms with van der Waals surface area (Å²) in [4.78, 5) is 19.7. The van der Waals surface area contributed by atoms with Crippen molar-refractivity contribution in [2.24, 2.45) is 5.92 Å². The van der Waals surface area contributed by atoms with Crippen molar-refractivity contribution in [2.45, 2.75) is 25.9 Å². The summed E-state index contributed by atoms with van der Waals surface area (Å²) < 4.78 is 8.94. The quantitative estimate of drug-likeness (QED) is 0.667. The Bertz CT molecular complexity index is 943. The van der Waals surface area contributed by atoms with E-state index in [-0.39, 0.29) is 5.56 Å². The van der Waals surface area contributed by atoms with Crippen LogP contribution in [0.25, 0.3) is 10.9 Å². The van der Waals surface area contributed by atoms with Gasteiger partial charge in [-0.25, -0.2) is 4.98 Å². The highest BCUT2D eigenvalue weighted by Gasteiger charge is 2.20. The minimum atomic E-state index is 0.0313. The molecule has 27 heavy (non-hydrogen) atoms. The maximum Gasteiger partial charge on any atom is 0.261 e. The molecule has 0 atom stereocenters. The molecule has 0 spiro atoms. The predicted octanol–water partition coefficient (Wildman–Crippen LogP) is 2.01. The van der Waals surface area contributed by atoms with Crippen LogP contribution in [-0.4, -0.2) is 51.0 Å². The minimum absolute atomic E-state index is 0.0313. The molecule has 1 aliphatic heterocycles. The lowest BCUT2D eigenvalue weighted by Gasteiger charge is -2.32.